The van der Waals surface area contributed by atoms with E-state index in [4.69, 9.17) is 9.16 Å². The second kappa shape index (κ2) is 5.21. The zero-order valence-corrected chi connectivity index (χ0v) is 13.6. The summed E-state index contributed by atoms with van der Waals surface area (Å²) in [5.41, 5.74) is 0. The summed E-state index contributed by atoms with van der Waals surface area (Å²) in [5.74, 6) is 0.0672. The van der Waals surface area contributed by atoms with Crippen molar-refractivity contribution in [3.05, 3.63) is 0 Å². The highest BCUT2D eigenvalue weighted by Gasteiger charge is 2.47. The number of rotatable bonds is 2. The van der Waals surface area contributed by atoms with Crippen molar-refractivity contribution in [2.24, 2.45) is 5.92 Å². The molecule has 1 fully saturated rings. The molecule has 0 amide bonds. The van der Waals surface area contributed by atoms with Crippen LogP contribution in [0, 0.1) is 5.92 Å². The van der Waals surface area contributed by atoms with Crippen LogP contribution >= 0.6 is 0 Å². The van der Waals surface area contributed by atoms with Gasteiger partial charge in [-0.05, 0) is 25.1 Å². The Bertz CT molecular complexity index is 273. The van der Waals surface area contributed by atoms with E-state index in [1.165, 1.54) is 0 Å². The third-order valence-corrected chi connectivity index (χ3v) is 8.95. The van der Waals surface area contributed by atoms with E-state index in [1.807, 2.05) is 13.8 Å². The Kier molecular flexibility index (Phi) is 4.66. The third-order valence-electron chi connectivity index (χ3n) is 4.48. The van der Waals surface area contributed by atoms with Crippen molar-refractivity contribution in [3.63, 3.8) is 0 Å². The van der Waals surface area contributed by atoms with Crippen molar-refractivity contribution >= 4 is 8.32 Å². The van der Waals surface area contributed by atoms with Crippen LogP contribution in [-0.4, -0.2) is 43.1 Å². The molecule has 5 heteroatoms. The van der Waals surface area contributed by atoms with Gasteiger partial charge in [-0.2, -0.15) is 0 Å². The van der Waals surface area contributed by atoms with Crippen molar-refractivity contribution < 1.29 is 19.4 Å². The quantitative estimate of drug-likeness (QED) is 0.758. The first-order chi connectivity index (χ1) is 7.97. The Morgan fingerprint density at radius 3 is 2.06 bits per heavy atom. The van der Waals surface area contributed by atoms with Crippen molar-refractivity contribution in [3.8, 4) is 0 Å². The number of hydrogen-bond acceptors (Lipinski definition) is 4. The van der Waals surface area contributed by atoms with Gasteiger partial charge in [0.1, 0.15) is 6.10 Å². The fourth-order valence-electron chi connectivity index (χ4n) is 1.86. The monoisotopic (exact) mass is 276 g/mol. The number of aliphatic hydroxyl groups excluding tert-OH is 2. The molecule has 4 nitrogen and oxygen atoms in total. The Morgan fingerprint density at radius 1 is 1.11 bits per heavy atom. The maximum atomic E-state index is 10.1. The summed E-state index contributed by atoms with van der Waals surface area (Å²) in [6.45, 7) is 14.7. The molecule has 1 unspecified atom stereocenters. The van der Waals surface area contributed by atoms with Crippen molar-refractivity contribution in [1.82, 2.24) is 0 Å². The van der Waals surface area contributed by atoms with Crippen LogP contribution in [0.4, 0.5) is 0 Å². The molecule has 0 saturated carbocycles. The minimum Gasteiger partial charge on any atom is -0.411 e. The highest BCUT2D eigenvalue weighted by Crippen LogP contribution is 2.40. The predicted molar refractivity (Wildman–Crippen MR) is 73.8 cm³/mol. The van der Waals surface area contributed by atoms with E-state index in [0.29, 0.717) is 0 Å². The summed E-state index contributed by atoms with van der Waals surface area (Å²) >= 11 is 0. The van der Waals surface area contributed by atoms with Gasteiger partial charge in [0.05, 0.1) is 12.2 Å². The van der Waals surface area contributed by atoms with Gasteiger partial charge in [0.15, 0.2) is 14.6 Å². The molecule has 1 heterocycles. The van der Waals surface area contributed by atoms with Crippen LogP contribution in [0.3, 0.4) is 0 Å². The zero-order valence-electron chi connectivity index (χ0n) is 12.6. The highest BCUT2D eigenvalue weighted by atomic mass is 28.4. The molecule has 108 valence electrons. The second-order valence-corrected chi connectivity index (χ2v) is 11.7. The average Bonchev–Trinajstić information content (AvgIpc) is 2.20. The summed E-state index contributed by atoms with van der Waals surface area (Å²) in [6, 6.07) is 0. The van der Waals surface area contributed by atoms with Crippen LogP contribution in [0.15, 0.2) is 0 Å². The Labute approximate surface area is 111 Å². The SMILES string of the molecule is C[C@H]1[C@H](O[Si](C)(C)C(C)(C)C)[C@@H](O)C(O)O[C@@H]1C. The van der Waals surface area contributed by atoms with Gasteiger partial charge in [-0.15, -0.1) is 0 Å². The van der Waals surface area contributed by atoms with Crippen LogP contribution in [0.25, 0.3) is 0 Å². The fraction of sp³-hybridized carbons (Fsp3) is 1.00. The summed E-state index contributed by atoms with van der Waals surface area (Å²) in [7, 11) is -1.96. The van der Waals surface area contributed by atoms with Gasteiger partial charge in [-0.3, -0.25) is 0 Å². The van der Waals surface area contributed by atoms with Gasteiger partial charge in [-0.25, -0.2) is 0 Å². The summed E-state index contributed by atoms with van der Waals surface area (Å²) in [4.78, 5) is 0. The average molecular weight is 276 g/mol. The molecule has 0 aromatic carbocycles. The maximum Gasteiger partial charge on any atom is 0.192 e. The molecule has 0 aromatic heterocycles. The van der Waals surface area contributed by atoms with Crippen LogP contribution < -0.4 is 0 Å². The first kappa shape index (κ1) is 16.1. The lowest BCUT2D eigenvalue weighted by Crippen LogP contribution is -2.58. The molecule has 0 spiro atoms. The molecule has 0 radical (unpaired) electrons. The Hall–Kier alpha value is 0.0569. The topological polar surface area (TPSA) is 58.9 Å². The highest BCUT2D eigenvalue weighted by molar-refractivity contribution is 6.74. The predicted octanol–water partition coefficient (Wildman–Crippen LogP) is 2.11. The van der Waals surface area contributed by atoms with Crippen molar-refractivity contribution in [1.29, 1.82) is 0 Å². The molecule has 18 heavy (non-hydrogen) atoms. The minimum atomic E-state index is -1.96. The van der Waals surface area contributed by atoms with Crippen LogP contribution in [0.5, 0.6) is 0 Å². The molecule has 0 bridgehead atoms. The zero-order chi connectivity index (χ0) is 14.3. The summed E-state index contributed by atoms with van der Waals surface area (Å²) < 4.78 is 11.5. The molecule has 2 N–H and O–H groups in total. The van der Waals surface area contributed by atoms with Gasteiger partial charge in [0.2, 0.25) is 0 Å². The van der Waals surface area contributed by atoms with Crippen molar-refractivity contribution in [2.75, 3.05) is 0 Å². The van der Waals surface area contributed by atoms with Crippen LogP contribution in [0.2, 0.25) is 18.1 Å². The Morgan fingerprint density at radius 2 is 1.61 bits per heavy atom. The van der Waals surface area contributed by atoms with E-state index >= 15 is 0 Å². The van der Waals surface area contributed by atoms with Crippen LogP contribution in [-0.2, 0) is 9.16 Å². The number of hydrogen-bond donors (Lipinski definition) is 2. The molecular formula is C13H28O4Si. The molecule has 1 rings (SSSR count). The van der Waals surface area contributed by atoms with E-state index in [1.54, 1.807) is 0 Å². The molecule has 1 aliphatic rings. The fourth-order valence-corrected chi connectivity index (χ4v) is 3.25. The van der Waals surface area contributed by atoms with E-state index in [0.717, 1.165) is 0 Å². The van der Waals surface area contributed by atoms with Gasteiger partial charge in [-0.1, -0.05) is 27.7 Å². The van der Waals surface area contributed by atoms with Gasteiger partial charge in [0, 0.05) is 5.92 Å². The Balaban J connectivity index is 2.87. The van der Waals surface area contributed by atoms with Crippen LogP contribution in [0.1, 0.15) is 34.6 Å². The summed E-state index contributed by atoms with van der Waals surface area (Å²) in [6.07, 6.45) is -2.58. The van der Waals surface area contributed by atoms with E-state index in [9.17, 15) is 10.2 Å². The molecule has 1 saturated heterocycles. The number of ether oxygens (including phenoxy) is 1. The van der Waals surface area contributed by atoms with E-state index in [2.05, 4.69) is 33.9 Å². The normalized spacial score (nSPS) is 38.8. The lowest BCUT2D eigenvalue weighted by molar-refractivity contribution is -0.258. The summed E-state index contributed by atoms with van der Waals surface area (Å²) in [5, 5.41) is 19.9. The minimum absolute atomic E-state index is 0.0672. The standard InChI is InChI=1S/C13H28O4Si/c1-8-9(2)16-12(15)10(14)11(8)17-18(6,7)13(3,4)5/h8-12,14-15H,1-7H3/t8-,9-,10-,11+,12?/m1/s1. The number of aliphatic hydroxyl groups is 2. The van der Waals surface area contributed by atoms with Gasteiger partial charge < -0.3 is 19.4 Å². The van der Waals surface area contributed by atoms with E-state index < -0.39 is 20.7 Å². The largest absolute Gasteiger partial charge is 0.411 e. The lowest BCUT2D eigenvalue weighted by atomic mass is 9.92. The first-order valence-electron chi connectivity index (χ1n) is 6.67. The third kappa shape index (κ3) is 3.14. The molecule has 5 atom stereocenters. The molecule has 0 aromatic rings. The van der Waals surface area contributed by atoms with E-state index in [-0.39, 0.29) is 23.2 Å². The second-order valence-electron chi connectivity index (χ2n) is 6.92. The van der Waals surface area contributed by atoms with Gasteiger partial charge in [0.25, 0.3) is 0 Å². The molecular weight excluding hydrogens is 248 g/mol. The molecule has 0 aliphatic carbocycles. The van der Waals surface area contributed by atoms with Gasteiger partial charge >= 0.3 is 0 Å². The molecule has 1 aliphatic heterocycles. The lowest BCUT2D eigenvalue weighted by Gasteiger charge is -2.46. The first-order valence-corrected chi connectivity index (χ1v) is 9.57. The smallest absolute Gasteiger partial charge is 0.192 e. The maximum absolute atomic E-state index is 10.1. The van der Waals surface area contributed by atoms with Crippen molar-refractivity contribution in [2.45, 2.75) is 77.4 Å².